The number of aliphatic hydroxyl groups is 1. The van der Waals surface area contributed by atoms with E-state index in [-0.39, 0.29) is 47.2 Å². The number of pyridine rings is 1. The molecule has 1 aliphatic rings. The SMILES string of the molecule is C[C@H](CO)N1C[C@H](C)[C@H](CN(C)S(=O)(=O)c2cccs2)Oc2ncc(-c3cc4ccccc4o3)cc2C1=O. The average molecular weight is 556 g/mol. The molecule has 0 saturated heterocycles. The van der Waals surface area contributed by atoms with Crippen molar-refractivity contribution >= 4 is 38.2 Å². The Morgan fingerprint density at radius 1 is 1.24 bits per heavy atom. The van der Waals surface area contributed by atoms with Crippen molar-refractivity contribution in [3.05, 3.63) is 65.7 Å². The van der Waals surface area contributed by atoms with E-state index >= 15 is 0 Å². The monoisotopic (exact) mass is 555 g/mol. The van der Waals surface area contributed by atoms with Crippen LogP contribution in [0.4, 0.5) is 0 Å². The number of carbonyl (C=O) groups excluding carboxylic acids is 1. The summed E-state index contributed by atoms with van der Waals surface area (Å²) in [7, 11) is -2.18. The molecule has 1 amide bonds. The van der Waals surface area contributed by atoms with Crippen LogP contribution in [0.2, 0.25) is 0 Å². The van der Waals surface area contributed by atoms with Gasteiger partial charge in [-0.2, -0.15) is 4.31 Å². The second-order valence-corrected chi connectivity index (χ2v) is 12.8. The molecule has 1 aliphatic heterocycles. The molecule has 0 radical (unpaired) electrons. The number of ether oxygens (including phenoxy) is 1. The lowest BCUT2D eigenvalue weighted by molar-refractivity contribution is 0.0373. The molecule has 5 rings (SSSR count). The van der Waals surface area contributed by atoms with Crippen molar-refractivity contribution in [3.63, 3.8) is 0 Å². The molecule has 200 valence electrons. The van der Waals surface area contributed by atoms with Crippen molar-refractivity contribution in [2.24, 2.45) is 5.92 Å². The van der Waals surface area contributed by atoms with Crippen molar-refractivity contribution in [3.8, 4) is 17.2 Å². The first-order chi connectivity index (χ1) is 18.2. The Bertz CT molecular complexity index is 1520. The minimum atomic E-state index is -3.70. The van der Waals surface area contributed by atoms with Crippen LogP contribution >= 0.6 is 11.3 Å². The number of aromatic nitrogens is 1. The lowest BCUT2D eigenvalue weighted by Crippen LogP contribution is -2.50. The van der Waals surface area contributed by atoms with Gasteiger partial charge in [0.1, 0.15) is 27.2 Å². The largest absolute Gasteiger partial charge is 0.472 e. The normalized spacial score (nSPS) is 19.2. The number of carbonyl (C=O) groups is 1. The number of hydrogen-bond acceptors (Lipinski definition) is 8. The third-order valence-electron chi connectivity index (χ3n) is 6.83. The molecule has 9 nitrogen and oxygen atoms in total. The van der Waals surface area contributed by atoms with Gasteiger partial charge in [-0.1, -0.05) is 31.2 Å². The van der Waals surface area contributed by atoms with E-state index in [0.717, 1.165) is 22.3 Å². The van der Waals surface area contributed by atoms with Gasteiger partial charge in [0.05, 0.1) is 19.2 Å². The van der Waals surface area contributed by atoms with Crippen molar-refractivity contribution in [1.82, 2.24) is 14.2 Å². The topological polar surface area (TPSA) is 113 Å². The summed E-state index contributed by atoms with van der Waals surface area (Å²) in [6, 6.07) is 14.0. The van der Waals surface area contributed by atoms with Crippen LogP contribution < -0.4 is 4.74 Å². The number of para-hydroxylation sites is 1. The zero-order valence-electron chi connectivity index (χ0n) is 21.3. The van der Waals surface area contributed by atoms with Gasteiger partial charge in [0, 0.05) is 36.7 Å². The number of nitrogens with zero attached hydrogens (tertiary/aromatic N) is 3. The van der Waals surface area contributed by atoms with Crippen LogP contribution in [0.5, 0.6) is 5.88 Å². The number of sulfonamides is 1. The van der Waals surface area contributed by atoms with Gasteiger partial charge in [-0.3, -0.25) is 4.79 Å². The van der Waals surface area contributed by atoms with Gasteiger partial charge in [0.15, 0.2) is 0 Å². The molecule has 0 saturated carbocycles. The molecule has 11 heteroatoms. The van der Waals surface area contributed by atoms with E-state index in [1.165, 1.54) is 11.4 Å². The van der Waals surface area contributed by atoms with Crippen LogP contribution in [-0.2, 0) is 10.0 Å². The molecule has 3 atom stereocenters. The van der Waals surface area contributed by atoms with Crippen molar-refractivity contribution < 1.29 is 27.5 Å². The number of furan rings is 1. The molecule has 4 heterocycles. The number of hydrogen-bond donors (Lipinski definition) is 1. The fourth-order valence-corrected chi connectivity index (χ4v) is 6.88. The van der Waals surface area contributed by atoms with Crippen molar-refractivity contribution in [1.29, 1.82) is 0 Å². The number of aliphatic hydroxyl groups excluding tert-OH is 1. The summed E-state index contributed by atoms with van der Waals surface area (Å²) in [5.74, 6) is 0.101. The van der Waals surface area contributed by atoms with E-state index in [4.69, 9.17) is 9.15 Å². The summed E-state index contributed by atoms with van der Waals surface area (Å²) < 4.78 is 39.9. The van der Waals surface area contributed by atoms with Crippen LogP contribution in [0.25, 0.3) is 22.3 Å². The molecule has 0 bridgehead atoms. The fourth-order valence-electron chi connectivity index (χ4n) is 4.49. The van der Waals surface area contributed by atoms with E-state index in [1.807, 2.05) is 37.3 Å². The van der Waals surface area contributed by atoms with Crippen LogP contribution in [0.15, 0.2) is 68.7 Å². The second-order valence-electron chi connectivity index (χ2n) is 9.57. The van der Waals surface area contributed by atoms with Gasteiger partial charge in [-0.15, -0.1) is 11.3 Å². The highest BCUT2D eigenvalue weighted by Crippen LogP contribution is 2.33. The smallest absolute Gasteiger partial charge is 0.259 e. The Labute approximate surface area is 225 Å². The van der Waals surface area contributed by atoms with Crippen LogP contribution in [0, 0.1) is 5.92 Å². The lowest BCUT2D eigenvalue weighted by Gasteiger charge is -2.37. The summed E-state index contributed by atoms with van der Waals surface area (Å²) >= 11 is 1.15. The first kappa shape index (κ1) is 26.4. The lowest BCUT2D eigenvalue weighted by atomic mass is 10.00. The number of likely N-dealkylation sites (N-methyl/N-ethyl adjacent to an activating group) is 1. The standard InChI is InChI=1S/C27H29N3O6S2/c1-17-14-30(18(2)16-31)27(32)21-11-20(23-12-19-7-4-5-8-22(19)35-23)13-28-26(21)36-24(17)15-29(3)38(33,34)25-9-6-10-37-25/h4-13,17-18,24,31H,14-16H2,1-3H3/t17-,18+,24-/m0/s1. The highest BCUT2D eigenvalue weighted by molar-refractivity contribution is 7.91. The first-order valence-corrected chi connectivity index (χ1v) is 14.6. The highest BCUT2D eigenvalue weighted by Gasteiger charge is 2.36. The molecule has 1 aromatic carbocycles. The number of thiophene rings is 1. The van der Waals surface area contributed by atoms with E-state index in [1.54, 1.807) is 41.6 Å². The van der Waals surface area contributed by atoms with Crippen LogP contribution in [0.3, 0.4) is 0 Å². The maximum Gasteiger partial charge on any atom is 0.259 e. The zero-order chi connectivity index (χ0) is 27.0. The van der Waals surface area contributed by atoms with Gasteiger partial charge >= 0.3 is 0 Å². The summed E-state index contributed by atoms with van der Waals surface area (Å²) in [6.07, 6.45) is 0.985. The Morgan fingerprint density at radius 3 is 2.74 bits per heavy atom. The van der Waals surface area contributed by atoms with Crippen LogP contribution in [-0.4, -0.2) is 72.5 Å². The summed E-state index contributed by atoms with van der Waals surface area (Å²) in [4.78, 5) is 19.8. The number of fused-ring (bicyclic) bond motifs is 2. The van der Waals surface area contributed by atoms with Gasteiger partial charge in [-0.25, -0.2) is 13.4 Å². The van der Waals surface area contributed by atoms with E-state index in [2.05, 4.69) is 4.98 Å². The highest BCUT2D eigenvalue weighted by atomic mass is 32.2. The minimum absolute atomic E-state index is 0.0589. The first-order valence-electron chi connectivity index (χ1n) is 12.3. The van der Waals surface area contributed by atoms with E-state index < -0.39 is 22.2 Å². The summed E-state index contributed by atoms with van der Waals surface area (Å²) in [5, 5.41) is 12.5. The molecule has 38 heavy (non-hydrogen) atoms. The minimum Gasteiger partial charge on any atom is -0.472 e. The van der Waals surface area contributed by atoms with E-state index in [9.17, 15) is 18.3 Å². The summed E-state index contributed by atoms with van der Waals surface area (Å²) in [6.45, 7) is 3.78. The predicted octanol–water partition coefficient (Wildman–Crippen LogP) is 4.10. The van der Waals surface area contributed by atoms with Gasteiger partial charge in [0.2, 0.25) is 5.88 Å². The third-order valence-corrected chi connectivity index (χ3v) is 10.0. The Balaban J connectivity index is 1.52. The summed E-state index contributed by atoms with van der Waals surface area (Å²) in [5.41, 5.74) is 1.55. The molecule has 0 unspecified atom stereocenters. The van der Waals surface area contributed by atoms with Crippen molar-refractivity contribution in [2.45, 2.75) is 30.2 Å². The Morgan fingerprint density at radius 2 is 2.03 bits per heavy atom. The maximum atomic E-state index is 13.7. The molecule has 0 aliphatic carbocycles. The predicted molar refractivity (Wildman–Crippen MR) is 145 cm³/mol. The maximum absolute atomic E-state index is 13.7. The molecule has 0 fully saturated rings. The molecular weight excluding hydrogens is 526 g/mol. The Kier molecular flexibility index (Phi) is 7.28. The molecule has 1 N–H and O–H groups in total. The number of benzene rings is 1. The zero-order valence-corrected chi connectivity index (χ0v) is 22.9. The number of amides is 1. The second kappa shape index (κ2) is 10.5. The fraction of sp³-hybridized carbons (Fsp3) is 0.333. The quantitative estimate of drug-likeness (QED) is 0.365. The van der Waals surface area contributed by atoms with Crippen molar-refractivity contribution in [2.75, 3.05) is 26.7 Å². The number of rotatable bonds is 7. The Hall–Kier alpha value is -3.25. The third kappa shape index (κ3) is 4.94. The molecule has 0 spiro atoms. The molecule has 3 aromatic heterocycles. The molecular formula is C27H29N3O6S2. The molecule has 4 aromatic rings. The van der Waals surface area contributed by atoms with Gasteiger partial charge in [0.25, 0.3) is 15.9 Å². The van der Waals surface area contributed by atoms with Crippen LogP contribution in [0.1, 0.15) is 24.2 Å². The van der Waals surface area contributed by atoms with Gasteiger partial charge in [-0.05, 0) is 36.6 Å². The average Bonchev–Trinajstić information content (AvgIpc) is 3.61. The van der Waals surface area contributed by atoms with E-state index in [0.29, 0.717) is 11.3 Å². The van der Waals surface area contributed by atoms with Gasteiger partial charge < -0.3 is 19.2 Å².